The molecule has 2 amide bonds. The molecule has 0 aliphatic heterocycles. The van der Waals surface area contributed by atoms with Crippen LogP contribution >= 0.6 is 11.3 Å². The maximum Gasteiger partial charge on any atom is 0.406 e. The summed E-state index contributed by atoms with van der Waals surface area (Å²) in [4.78, 5) is 23.3. The van der Waals surface area contributed by atoms with Gasteiger partial charge in [-0.05, 0) is 25.3 Å². The lowest BCUT2D eigenvalue weighted by atomic mass is 10.1. The van der Waals surface area contributed by atoms with Crippen molar-refractivity contribution in [1.82, 2.24) is 10.6 Å². The first-order chi connectivity index (χ1) is 7.94. The standard InChI is InChI=1S/C11H16N2O3S/c1-11(2,7-16-10(15)12-3)13-9(14)8-5-4-6-17-8/h4-6H,7H2,1-3H3,(H,12,15)(H,13,14). The van der Waals surface area contributed by atoms with Crippen LogP contribution in [0.5, 0.6) is 0 Å². The molecule has 2 N–H and O–H groups in total. The Labute approximate surface area is 104 Å². The van der Waals surface area contributed by atoms with Gasteiger partial charge in [0.2, 0.25) is 0 Å². The van der Waals surface area contributed by atoms with Gasteiger partial charge < -0.3 is 15.4 Å². The number of carbonyl (C=O) groups excluding carboxylic acids is 2. The van der Waals surface area contributed by atoms with Crippen molar-refractivity contribution >= 4 is 23.3 Å². The van der Waals surface area contributed by atoms with Crippen LogP contribution in [0.3, 0.4) is 0 Å². The molecule has 5 nitrogen and oxygen atoms in total. The van der Waals surface area contributed by atoms with E-state index in [1.54, 1.807) is 19.9 Å². The third-order valence-electron chi connectivity index (χ3n) is 1.97. The van der Waals surface area contributed by atoms with Crippen molar-refractivity contribution in [1.29, 1.82) is 0 Å². The molecule has 0 aliphatic carbocycles. The van der Waals surface area contributed by atoms with Crippen LogP contribution in [0.1, 0.15) is 23.5 Å². The Morgan fingerprint density at radius 2 is 2.18 bits per heavy atom. The molecule has 0 aromatic carbocycles. The number of ether oxygens (including phenoxy) is 1. The zero-order valence-electron chi connectivity index (χ0n) is 10.1. The number of hydrogen-bond donors (Lipinski definition) is 2. The van der Waals surface area contributed by atoms with E-state index in [2.05, 4.69) is 10.6 Å². The zero-order valence-corrected chi connectivity index (χ0v) is 10.9. The van der Waals surface area contributed by atoms with Gasteiger partial charge in [-0.3, -0.25) is 4.79 Å². The summed E-state index contributed by atoms with van der Waals surface area (Å²) in [6, 6.07) is 3.56. The molecule has 0 saturated carbocycles. The molecule has 6 heteroatoms. The molecule has 0 atom stereocenters. The van der Waals surface area contributed by atoms with Gasteiger partial charge in [-0.2, -0.15) is 0 Å². The minimum atomic E-state index is -0.604. The summed E-state index contributed by atoms with van der Waals surface area (Å²) in [6.45, 7) is 3.70. The Kier molecular flexibility index (Phi) is 4.51. The van der Waals surface area contributed by atoms with Crippen molar-refractivity contribution < 1.29 is 14.3 Å². The monoisotopic (exact) mass is 256 g/mol. The van der Waals surface area contributed by atoms with Crippen molar-refractivity contribution in [3.63, 3.8) is 0 Å². The van der Waals surface area contributed by atoms with E-state index < -0.39 is 11.6 Å². The predicted octanol–water partition coefficient (Wildman–Crippen LogP) is 1.61. The van der Waals surface area contributed by atoms with E-state index in [4.69, 9.17) is 4.74 Å². The van der Waals surface area contributed by atoms with Crippen LogP contribution in [-0.2, 0) is 4.74 Å². The normalized spacial score (nSPS) is 10.8. The SMILES string of the molecule is CNC(=O)OCC(C)(C)NC(=O)c1cccs1. The summed E-state index contributed by atoms with van der Waals surface area (Å²) in [7, 11) is 1.49. The van der Waals surface area contributed by atoms with Crippen LogP contribution in [0.4, 0.5) is 4.79 Å². The minimum Gasteiger partial charge on any atom is -0.447 e. The van der Waals surface area contributed by atoms with E-state index in [1.807, 2.05) is 11.4 Å². The van der Waals surface area contributed by atoms with Gasteiger partial charge in [-0.15, -0.1) is 11.3 Å². The molecule has 0 unspecified atom stereocenters. The van der Waals surface area contributed by atoms with Crippen molar-refractivity contribution in [2.24, 2.45) is 0 Å². The number of hydrogen-bond acceptors (Lipinski definition) is 4. The molecule has 0 radical (unpaired) electrons. The molecule has 1 heterocycles. The van der Waals surface area contributed by atoms with Crippen LogP contribution in [0.15, 0.2) is 17.5 Å². The smallest absolute Gasteiger partial charge is 0.406 e. The number of alkyl carbamates (subject to hydrolysis) is 1. The molecule has 0 saturated heterocycles. The molecular weight excluding hydrogens is 240 g/mol. The number of carbonyl (C=O) groups is 2. The van der Waals surface area contributed by atoms with E-state index in [-0.39, 0.29) is 12.5 Å². The average Bonchev–Trinajstić information content (AvgIpc) is 2.78. The maximum absolute atomic E-state index is 11.8. The Bertz CT molecular complexity index is 387. The van der Waals surface area contributed by atoms with Gasteiger partial charge in [-0.1, -0.05) is 6.07 Å². The van der Waals surface area contributed by atoms with Crippen molar-refractivity contribution in [3.05, 3.63) is 22.4 Å². The molecular formula is C11H16N2O3S. The zero-order chi connectivity index (χ0) is 12.9. The van der Waals surface area contributed by atoms with Crippen LogP contribution in [0.2, 0.25) is 0 Å². The highest BCUT2D eigenvalue weighted by atomic mass is 32.1. The van der Waals surface area contributed by atoms with Gasteiger partial charge in [0.15, 0.2) is 0 Å². The van der Waals surface area contributed by atoms with Gasteiger partial charge >= 0.3 is 6.09 Å². The first kappa shape index (κ1) is 13.5. The molecule has 0 aliphatic rings. The quantitative estimate of drug-likeness (QED) is 0.860. The summed E-state index contributed by atoms with van der Waals surface area (Å²) < 4.78 is 4.91. The lowest BCUT2D eigenvalue weighted by molar-refractivity contribution is 0.0824. The summed E-state index contributed by atoms with van der Waals surface area (Å²) in [6.07, 6.45) is -0.511. The highest BCUT2D eigenvalue weighted by molar-refractivity contribution is 7.12. The fourth-order valence-corrected chi connectivity index (χ4v) is 1.75. The lowest BCUT2D eigenvalue weighted by Gasteiger charge is -2.25. The van der Waals surface area contributed by atoms with Gasteiger partial charge in [0, 0.05) is 7.05 Å². The molecule has 0 spiro atoms. The Balaban J connectivity index is 2.48. The summed E-state index contributed by atoms with van der Waals surface area (Å²) in [5, 5.41) is 6.99. The Morgan fingerprint density at radius 3 is 2.71 bits per heavy atom. The highest BCUT2D eigenvalue weighted by Gasteiger charge is 2.23. The molecule has 94 valence electrons. The van der Waals surface area contributed by atoms with E-state index in [9.17, 15) is 9.59 Å². The fraction of sp³-hybridized carbons (Fsp3) is 0.455. The van der Waals surface area contributed by atoms with E-state index in [0.717, 1.165) is 0 Å². The lowest BCUT2D eigenvalue weighted by Crippen LogP contribution is -2.47. The van der Waals surface area contributed by atoms with Crippen molar-refractivity contribution in [2.45, 2.75) is 19.4 Å². The Morgan fingerprint density at radius 1 is 1.47 bits per heavy atom. The third kappa shape index (κ3) is 4.44. The first-order valence-corrected chi connectivity index (χ1v) is 6.03. The summed E-state index contributed by atoms with van der Waals surface area (Å²) in [5.74, 6) is -0.162. The van der Waals surface area contributed by atoms with Gasteiger partial charge in [-0.25, -0.2) is 4.79 Å². The summed E-state index contributed by atoms with van der Waals surface area (Å²) >= 11 is 1.37. The number of thiophene rings is 1. The van der Waals surface area contributed by atoms with Gasteiger partial charge in [0.05, 0.1) is 10.4 Å². The topological polar surface area (TPSA) is 67.4 Å². The van der Waals surface area contributed by atoms with E-state index >= 15 is 0 Å². The first-order valence-electron chi connectivity index (χ1n) is 5.15. The second-order valence-electron chi connectivity index (χ2n) is 4.14. The largest absolute Gasteiger partial charge is 0.447 e. The molecule has 1 aromatic heterocycles. The predicted molar refractivity (Wildman–Crippen MR) is 66.3 cm³/mol. The average molecular weight is 256 g/mol. The van der Waals surface area contributed by atoms with Crippen LogP contribution in [0, 0.1) is 0 Å². The maximum atomic E-state index is 11.8. The fourth-order valence-electron chi connectivity index (χ4n) is 1.13. The van der Waals surface area contributed by atoms with Crippen LogP contribution < -0.4 is 10.6 Å². The second kappa shape index (κ2) is 5.67. The molecule has 1 rings (SSSR count). The molecule has 17 heavy (non-hydrogen) atoms. The van der Waals surface area contributed by atoms with E-state index in [1.165, 1.54) is 18.4 Å². The van der Waals surface area contributed by atoms with Crippen LogP contribution in [0.25, 0.3) is 0 Å². The summed E-state index contributed by atoms with van der Waals surface area (Å²) in [5.41, 5.74) is -0.604. The number of rotatable bonds is 4. The van der Waals surface area contributed by atoms with E-state index in [0.29, 0.717) is 4.88 Å². The Hall–Kier alpha value is -1.56. The van der Waals surface area contributed by atoms with Crippen LogP contribution in [-0.4, -0.2) is 31.2 Å². The molecule has 1 aromatic rings. The van der Waals surface area contributed by atoms with Gasteiger partial charge in [0.1, 0.15) is 6.61 Å². The second-order valence-corrected chi connectivity index (χ2v) is 5.09. The van der Waals surface area contributed by atoms with Crippen molar-refractivity contribution in [2.75, 3.05) is 13.7 Å². The third-order valence-corrected chi connectivity index (χ3v) is 2.83. The molecule has 0 fully saturated rings. The van der Waals surface area contributed by atoms with Crippen molar-refractivity contribution in [3.8, 4) is 0 Å². The highest BCUT2D eigenvalue weighted by Crippen LogP contribution is 2.11. The van der Waals surface area contributed by atoms with Gasteiger partial charge in [0.25, 0.3) is 5.91 Å². The number of amides is 2. The number of nitrogens with one attached hydrogen (secondary N) is 2. The minimum absolute atomic E-state index is 0.115. The molecule has 0 bridgehead atoms.